The Kier molecular flexibility index (Phi) is 12.0. The summed E-state index contributed by atoms with van der Waals surface area (Å²) in [6.07, 6.45) is 14.6. The minimum Gasteiger partial charge on any atom is -0.494 e. The molecule has 0 aliphatic heterocycles. The second-order valence-corrected chi connectivity index (χ2v) is 11.4. The van der Waals surface area contributed by atoms with Gasteiger partial charge in [0.2, 0.25) is 0 Å². The van der Waals surface area contributed by atoms with Gasteiger partial charge in [0.1, 0.15) is 17.2 Å². The quantitative estimate of drug-likeness (QED) is 0.0677. The molecule has 0 amide bonds. The van der Waals surface area contributed by atoms with Gasteiger partial charge in [-0.3, -0.25) is 4.79 Å². The van der Waals surface area contributed by atoms with Crippen molar-refractivity contribution < 1.29 is 23.8 Å². The first-order chi connectivity index (χ1) is 20.5. The van der Waals surface area contributed by atoms with Crippen LogP contribution in [0, 0.1) is 0 Å². The van der Waals surface area contributed by atoms with Crippen LogP contribution in [0.15, 0.2) is 60.7 Å². The zero-order valence-electron chi connectivity index (χ0n) is 25.6. The summed E-state index contributed by atoms with van der Waals surface area (Å²) in [6, 6.07) is 18.0. The second-order valence-electron chi connectivity index (χ2n) is 11.4. The number of carbonyl (C=O) groups excluding carboxylic acids is 2. The van der Waals surface area contributed by atoms with Gasteiger partial charge in [-0.15, -0.1) is 0 Å². The molecule has 42 heavy (non-hydrogen) atoms. The van der Waals surface area contributed by atoms with Crippen LogP contribution in [0.5, 0.6) is 17.2 Å². The van der Waals surface area contributed by atoms with E-state index in [0.717, 1.165) is 36.1 Å². The van der Waals surface area contributed by atoms with Crippen LogP contribution in [-0.2, 0) is 0 Å². The molecule has 0 saturated carbocycles. The Bertz CT molecular complexity index is 1310. The predicted molar refractivity (Wildman–Crippen MR) is 169 cm³/mol. The first-order valence-corrected chi connectivity index (χ1v) is 15.9. The van der Waals surface area contributed by atoms with E-state index < -0.39 is 5.97 Å². The zero-order valence-corrected chi connectivity index (χ0v) is 25.6. The average molecular weight is 571 g/mol. The molecule has 1 aliphatic carbocycles. The molecule has 0 bridgehead atoms. The molecule has 0 aromatic heterocycles. The molecule has 0 spiro atoms. The molecule has 1 atom stereocenters. The zero-order chi connectivity index (χ0) is 29.7. The Balaban J connectivity index is 1.28. The number of carbonyl (C=O) groups is 2. The lowest BCUT2D eigenvalue weighted by Crippen LogP contribution is -2.11. The molecule has 1 aliphatic rings. The van der Waals surface area contributed by atoms with E-state index in [1.807, 2.05) is 24.3 Å². The summed E-state index contributed by atoms with van der Waals surface area (Å²) in [6.45, 7) is 7.19. The molecule has 4 rings (SSSR count). The van der Waals surface area contributed by atoms with Gasteiger partial charge >= 0.3 is 5.97 Å². The fourth-order valence-electron chi connectivity index (χ4n) is 5.43. The fourth-order valence-corrected chi connectivity index (χ4v) is 5.43. The first-order valence-electron chi connectivity index (χ1n) is 15.9. The summed E-state index contributed by atoms with van der Waals surface area (Å²) in [5.41, 5.74) is 3.31. The summed E-state index contributed by atoms with van der Waals surface area (Å²) in [5.74, 6) is 1.24. The predicted octanol–water partition coefficient (Wildman–Crippen LogP) is 9.98. The highest BCUT2D eigenvalue weighted by molar-refractivity contribution is 6.22. The third-order valence-corrected chi connectivity index (χ3v) is 7.88. The van der Waals surface area contributed by atoms with E-state index in [1.165, 1.54) is 57.8 Å². The number of benzene rings is 3. The summed E-state index contributed by atoms with van der Waals surface area (Å²) in [5, 5.41) is 0. The van der Waals surface area contributed by atoms with E-state index in [2.05, 4.69) is 20.8 Å². The molecule has 224 valence electrons. The van der Waals surface area contributed by atoms with E-state index in [1.54, 1.807) is 36.4 Å². The Hall–Kier alpha value is -3.60. The van der Waals surface area contributed by atoms with Crippen molar-refractivity contribution in [3.8, 4) is 28.4 Å². The van der Waals surface area contributed by atoms with Crippen molar-refractivity contribution in [2.45, 2.75) is 104 Å². The Morgan fingerprint density at radius 3 is 1.86 bits per heavy atom. The molecule has 0 fully saturated rings. The molecule has 0 radical (unpaired) electrons. The molecule has 0 heterocycles. The Morgan fingerprint density at radius 2 is 1.19 bits per heavy atom. The normalized spacial score (nSPS) is 12.5. The maximum atomic E-state index is 13.3. The van der Waals surface area contributed by atoms with E-state index >= 15 is 0 Å². The minimum atomic E-state index is -0.472. The lowest BCUT2D eigenvalue weighted by Gasteiger charge is -2.15. The molecule has 0 saturated heterocycles. The number of hydrogen-bond acceptors (Lipinski definition) is 5. The maximum absolute atomic E-state index is 13.3. The summed E-state index contributed by atoms with van der Waals surface area (Å²) in [7, 11) is 0. The standard InChI is InChI=1S/C37H46O5/c1-4-6-8-10-11-12-14-24-40-29-18-16-28(17-19-29)37(39)42-31-21-23-33-32-22-20-30(25-34(32)36(38)35(33)26-31)41-27(3)15-13-9-7-5-2/h16-23,25-27H,4-15,24H2,1-3H3/t27-/m1/s1. The first kappa shape index (κ1) is 31.3. The van der Waals surface area contributed by atoms with Crippen LogP contribution in [-0.4, -0.2) is 24.5 Å². The number of fused-ring (bicyclic) bond motifs is 3. The lowest BCUT2D eigenvalue weighted by atomic mass is 10.1. The topological polar surface area (TPSA) is 61.8 Å². The highest BCUT2D eigenvalue weighted by atomic mass is 16.5. The number of esters is 1. The third-order valence-electron chi connectivity index (χ3n) is 7.88. The third kappa shape index (κ3) is 8.70. The van der Waals surface area contributed by atoms with Crippen molar-refractivity contribution in [3.63, 3.8) is 0 Å². The van der Waals surface area contributed by atoms with Gasteiger partial charge in [0.05, 0.1) is 18.3 Å². The number of ketones is 1. The number of hydrogen-bond donors (Lipinski definition) is 0. The fraction of sp³-hybridized carbons (Fsp3) is 0.459. The molecule has 0 unspecified atom stereocenters. The van der Waals surface area contributed by atoms with Gasteiger partial charge in [0.25, 0.3) is 0 Å². The van der Waals surface area contributed by atoms with Crippen molar-refractivity contribution >= 4 is 11.8 Å². The summed E-state index contributed by atoms with van der Waals surface area (Å²) >= 11 is 0. The Labute approximate surface area is 251 Å². The number of rotatable bonds is 18. The van der Waals surface area contributed by atoms with Crippen molar-refractivity contribution in [1.29, 1.82) is 0 Å². The largest absolute Gasteiger partial charge is 0.494 e. The second kappa shape index (κ2) is 16.1. The molecular formula is C37H46O5. The highest BCUT2D eigenvalue weighted by Gasteiger charge is 2.28. The smallest absolute Gasteiger partial charge is 0.343 e. The van der Waals surface area contributed by atoms with Crippen LogP contribution in [0.1, 0.15) is 124 Å². The SMILES string of the molecule is CCCCCCCCCOc1ccc(C(=O)Oc2ccc3c(c2)C(=O)c2cc(O[C@H](C)CCCCCC)ccc2-3)cc1. The van der Waals surface area contributed by atoms with Crippen LogP contribution >= 0.6 is 0 Å². The summed E-state index contributed by atoms with van der Waals surface area (Å²) in [4.78, 5) is 26.1. The highest BCUT2D eigenvalue weighted by Crippen LogP contribution is 2.40. The average Bonchev–Trinajstić information content (AvgIpc) is 3.27. The maximum Gasteiger partial charge on any atom is 0.343 e. The minimum absolute atomic E-state index is 0.0820. The van der Waals surface area contributed by atoms with E-state index in [-0.39, 0.29) is 11.9 Å². The monoisotopic (exact) mass is 570 g/mol. The van der Waals surface area contributed by atoms with E-state index in [0.29, 0.717) is 34.8 Å². The Morgan fingerprint density at radius 1 is 0.643 bits per heavy atom. The van der Waals surface area contributed by atoms with E-state index in [9.17, 15) is 9.59 Å². The lowest BCUT2D eigenvalue weighted by molar-refractivity contribution is 0.0734. The van der Waals surface area contributed by atoms with Crippen molar-refractivity contribution in [2.75, 3.05) is 6.61 Å². The van der Waals surface area contributed by atoms with Gasteiger partial charge in [-0.05, 0) is 98.0 Å². The van der Waals surface area contributed by atoms with Crippen molar-refractivity contribution in [3.05, 3.63) is 77.4 Å². The van der Waals surface area contributed by atoms with Crippen LogP contribution < -0.4 is 14.2 Å². The van der Waals surface area contributed by atoms with Crippen molar-refractivity contribution in [2.24, 2.45) is 0 Å². The molecule has 5 heteroatoms. The van der Waals surface area contributed by atoms with Crippen LogP contribution in [0.4, 0.5) is 0 Å². The van der Waals surface area contributed by atoms with Gasteiger partial charge in [0.15, 0.2) is 5.78 Å². The van der Waals surface area contributed by atoms with Crippen molar-refractivity contribution in [1.82, 2.24) is 0 Å². The molecule has 3 aromatic rings. The number of ether oxygens (including phenoxy) is 3. The molecule has 0 N–H and O–H groups in total. The van der Waals surface area contributed by atoms with Gasteiger partial charge in [-0.1, -0.05) is 71.6 Å². The van der Waals surface area contributed by atoms with Crippen LogP contribution in [0.25, 0.3) is 11.1 Å². The van der Waals surface area contributed by atoms with Gasteiger partial charge in [-0.2, -0.15) is 0 Å². The van der Waals surface area contributed by atoms with Crippen LogP contribution in [0.2, 0.25) is 0 Å². The van der Waals surface area contributed by atoms with Gasteiger partial charge in [-0.25, -0.2) is 4.79 Å². The molecular weight excluding hydrogens is 524 g/mol. The van der Waals surface area contributed by atoms with E-state index in [4.69, 9.17) is 14.2 Å². The van der Waals surface area contributed by atoms with Crippen LogP contribution in [0.3, 0.4) is 0 Å². The number of unbranched alkanes of at least 4 members (excludes halogenated alkanes) is 9. The van der Waals surface area contributed by atoms with Gasteiger partial charge in [0, 0.05) is 11.1 Å². The molecule has 3 aromatic carbocycles. The molecule has 5 nitrogen and oxygen atoms in total. The van der Waals surface area contributed by atoms with Gasteiger partial charge < -0.3 is 14.2 Å². The summed E-state index contributed by atoms with van der Waals surface area (Å²) < 4.78 is 17.6.